The highest BCUT2D eigenvalue weighted by Crippen LogP contribution is 2.05. The number of carbonyl (C=O) groups excluding carboxylic acids is 2. The lowest BCUT2D eigenvalue weighted by Crippen LogP contribution is -2.34. The van der Waals surface area contributed by atoms with Crippen LogP contribution in [0.2, 0.25) is 0 Å². The topological polar surface area (TPSA) is 95.5 Å². The number of nitrogens with one attached hydrogen (secondary N) is 2. The van der Waals surface area contributed by atoms with E-state index < -0.39 is 5.97 Å². The van der Waals surface area contributed by atoms with Crippen molar-refractivity contribution in [2.24, 2.45) is 0 Å². The molecule has 1 unspecified atom stereocenters. The fourth-order valence-electron chi connectivity index (χ4n) is 1.61. The Labute approximate surface area is 121 Å². The average molecular weight is 298 g/mol. The van der Waals surface area contributed by atoms with Crippen LogP contribution in [0.1, 0.15) is 36.5 Å². The van der Waals surface area contributed by atoms with Crippen molar-refractivity contribution in [3.8, 4) is 0 Å². The summed E-state index contributed by atoms with van der Waals surface area (Å²) in [6.45, 7) is 2.06. The molecule has 1 rings (SSSR count). The number of hydrogen-bond acceptors (Lipinski definition) is 4. The molecule has 2 amide bonds. The van der Waals surface area contributed by atoms with Crippen molar-refractivity contribution in [3.63, 3.8) is 0 Å². The van der Waals surface area contributed by atoms with Crippen molar-refractivity contribution in [1.29, 1.82) is 0 Å². The van der Waals surface area contributed by atoms with E-state index in [1.165, 1.54) is 11.3 Å². The number of carboxylic acid groups (broad SMARTS) is 1. The first-order chi connectivity index (χ1) is 9.49. The van der Waals surface area contributed by atoms with E-state index in [2.05, 4.69) is 10.6 Å². The number of aliphatic carboxylic acids is 1. The summed E-state index contributed by atoms with van der Waals surface area (Å²) in [5, 5.41) is 17.5. The van der Waals surface area contributed by atoms with E-state index in [4.69, 9.17) is 5.11 Å². The minimum absolute atomic E-state index is 0.0966. The summed E-state index contributed by atoms with van der Waals surface area (Å²) < 4.78 is 0. The van der Waals surface area contributed by atoms with E-state index in [0.717, 1.165) is 0 Å². The normalized spacial score (nSPS) is 11.7. The molecule has 0 saturated carbocycles. The van der Waals surface area contributed by atoms with Gasteiger partial charge in [0.15, 0.2) is 0 Å². The van der Waals surface area contributed by atoms with E-state index in [9.17, 15) is 14.4 Å². The summed E-state index contributed by atoms with van der Waals surface area (Å²) in [5.74, 6) is -1.30. The van der Waals surface area contributed by atoms with Crippen molar-refractivity contribution in [3.05, 3.63) is 22.4 Å². The molecule has 0 radical (unpaired) electrons. The molecule has 0 bridgehead atoms. The number of carboxylic acids is 1. The highest BCUT2D eigenvalue weighted by molar-refractivity contribution is 7.08. The lowest BCUT2D eigenvalue weighted by Gasteiger charge is -2.11. The third kappa shape index (κ3) is 6.33. The molecule has 110 valence electrons. The molecule has 0 fully saturated rings. The van der Waals surface area contributed by atoms with Gasteiger partial charge in [0, 0.05) is 30.0 Å². The van der Waals surface area contributed by atoms with Crippen LogP contribution in [0.5, 0.6) is 0 Å². The summed E-state index contributed by atoms with van der Waals surface area (Å²) in [5.41, 5.74) is 0.620. The fourth-order valence-corrected chi connectivity index (χ4v) is 2.24. The first-order valence-electron chi connectivity index (χ1n) is 6.30. The zero-order valence-corrected chi connectivity index (χ0v) is 12.0. The lowest BCUT2D eigenvalue weighted by atomic mass is 10.2. The fraction of sp³-hybridized carbons (Fsp3) is 0.462. The summed E-state index contributed by atoms with van der Waals surface area (Å²) in [6.07, 6.45) is 0.677. The van der Waals surface area contributed by atoms with Gasteiger partial charge >= 0.3 is 5.97 Å². The van der Waals surface area contributed by atoms with Gasteiger partial charge in [0.1, 0.15) is 0 Å². The van der Waals surface area contributed by atoms with Crippen LogP contribution in [0.25, 0.3) is 0 Å². The van der Waals surface area contributed by atoms with Gasteiger partial charge in [-0.3, -0.25) is 14.4 Å². The number of amides is 2. The smallest absolute Gasteiger partial charge is 0.305 e. The predicted octanol–water partition coefficient (Wildman–Crippen LogP) is 1.24. The molecular formula is C13H18N2O4S. The molecule has 20 heavy (non-hydrogen) atoms. The summed E-state index contributed by atoms with van der Waals surface area (Å²) >= 11 is 1.45. The van der Waals surface area contributed by atoms with Gasteiger partial charge in [-0.25, -0.2) is 0 Å². The Morgan fingerprint density at radius 2 is 2.15 bits per heavy atom. The number of carbonyl (C=O) groups is 3. The Morgan fingerprint density at radius 3 is 2.75 bits per heavy atom. The molecule has 1 heterocycles. The molecule has 0 aliphatic rings. The maximum absolute atomic E-state index is 11.6. The molecule has 3 N–H and O–H groups in total. The highest BCUT2D eigenvalue weighted by Gasteiger charge is 2.11. The van der Waals surface area contributed by atoms with Gasteiger partial charge in [0.05, 0.1) is 6.42 Å². The van der Waals surface area contributed by atoms with Gasteiger partial charge in [-0.15, -0.1) is 0 Å². The van der Waals surface area contributed by atoms with E-state index >= 15 is 0 Å². The number of thiophene rings is 1. The van der Waals surface area contributed by atoms with Crippen LogP contribution in [-0.4, -0.2) is 35.5 Å². The Hall–Kier alpha value is -1.89. The quantitative estimate of drug-likeness (QED) is 0.629. The largest absolute Gasteiger partial charge is 0.481 e. The second kappa shape index (κ2) is 8.31. The van der Waals surface area contributed by atoms with E-state index in [1.54, 1.807) is 18.4 Å². The van der Waals surface area contributed by atoms with Crippen LogP contribution in [0.4, 0.5) is 0 Å². The first-order valence-corrected chi connectivity index (χ1v) is 7.25. The molecular weight excluding hydrogens is 280 g/mol. The van der Waals surface area contributed by atoms with Crippen molar-refractivity contribution in [1.82, 2.24) is 10.6 Å². The number of rotatable bonds is 8. The molecule has 0 aromatic carbocycles. The monoisotopic (exact) mass is 298 g/mol. The van der Waals surface area contributed by atoms with Gasteiger partial charge in [0.25, 0.3) is 5.91 Å². The maximum atomic E-state index is 11.6. The maximum Gasteiger partial charge on any atom is 0.305 e. The molecule has 7 heteroatoms. The minimum atomic E-state index is -0.944. The molecule has 0 aliphatic heterocycles. The minimum Gasteiger partial charge on any atom is -0.481 e. The Bertz CT molecular complexity index is 459. The molecule has 6 nitrogen and oxygen atoms in total. The molecule has 0 aliphatic carbocycles. The van der Waals surface area contributed by atoms with Crippen LogP contribution in [-0.2, 0) is 9.59 Å². The Kier molecular flexibility index (Phi) is 6.72. The van der Waals surface area contributed by atoms with Crippen molar-refractivity contribution < 1.29 is 19.5 Å². The first kappa shape index (κ1) is 16.2. The second-order valence-electron chi connectivity index (χ2n) is 4.44. The van der Waals surface area contributed by atoms with E-state index in [-0.39, 0.29) is 30.7 Å². The lowest BCUT2D eigenvalue weighted by molar-refractivity contribution is -0.137. The van der Waals surface area contributed by atoms with Crippen LogP contribution in [0, 0.1) is 0 Å². The van der Waals surface area contributed by atoms with Crippen LogP contribution in [0.3, 0.4) is 0 Å². The second-order valence-corrected chi connectivity index (χ2v) is 5.22. The van der Waals surface area contributed by atoms with Gasteiger partial charge in [-0.2, -0.15) is 11.3 Å². The summed E-state index contributed by atoms with van der Waals surface area (Å²) in [7, 11) is 0. The zero-order chi connectivity index (χ0) is 15.0. The van der Waals surface area contributed by atoms with Crippen LogP contribution < -0.4 is 10.6 Å². The van der Waals surface area contributed by atoms with Crippen LogP contribution >= 0.6 is 11.3 Å². The molecule has 1 atom stereocenters. The summed E-state index contributed by atoms with van der Waals surface area (Å²) in [4.78, 5) is 33.5. The highest BCUT2D eigenvalue weighted by atomic mass is 32.1. The van der Waals surface area contributed by atoms with Crippen molar-refractivity contribution >= 4 is 29.1 Å². The van der Waals surface area contributed by atoms with Crippen molar-refractivity contribution in [2.75, 3.05) is 6.54 Å². The third-order valence-corrected chi connectivity index (χ3v) is 3.22. The molecule has 1 aromatic rings. The van der Waals surface area contributed by atoms with Crippen molar-refractivity contribution in [2.45, 2.75) is 32.2 Å². The van der Waals surface area contributed by atoms with Gasteiger partial charge in [-0.1, -0.05) is 0 Å². The number of hydrogen-bond donors (Lipinski definition) is 3. The van der Waals surface area contributed by atoms with E-state index in [1.807, 2.05) is 5.38 Å². The SMILES string of the molecule is CC(CC(=O)O)NC(=O)CCCNC(=O)c1ccsc1. The Balaban J connectivity index is 2.13. The van der Waals surface area contributed by atoms with Crippen LogP contribution in [0.15, 0.2) is 16.8 Å². The predicted molar refractivity (Wildman–Crippen MR) is 75.7 cm³/mol. The van der Waals surface area contributed by atoms with Gasteiger partial charge < -0.3 is 15.7 Å². The molecule has 0 spiro atoms. The average Bonchev–Trinajstić information content (AvgIpc) is 2.86. The molecule has 1 aromatic heterocycles. The standard InChI is InChI=1S/C13H18N2O4S/c1-9(7-12(17)18)15-11(16)3-2-5-14-13(19)10-4-6-20-8-10/h4,6,8-9H,2-3,5,7H2,1H3,(H,14,19)(H,15,16)(H,17,18). The van der Waals surface area contributed by atoms with Gasteiger partial charge in [-0.05, 0) is 24.8 Å². The van der Waals surface area contributed by atoms with E-state index in [0.29, 0.717) is 18.5 Å². The molecule has 0 saturated heterocycles. The summed E-state index contributed by atoms with van der Waals surface area (Å²) in [6, 6.07) is 1.35. The third-order valence-electron chi connectivity index (χ3n) is 2.54. The Morgan fingerprint density at radius 1 is 1.40 bits per heavy atom. The zero-order valence-electron chi connectivity index (χ0n) is 11.2. The van der Waals surface area contributed by atoms with Gasteiger partial charge in [0.2, 0.25) is 5.91 Å².